The summed E-state index contributed by atoms with van der Waals surface area (Å²) in [6.45, 7) is 29.6. The molecule has 10 heteroatoms. The number of carbonyl (C=O) groups is 4. The predicted octanol–water partition coefficient (Wildman–Crippen LogP) is 20.6. The summed E-state index contributed by atoms with van der Waals surface area (Å²) in [6, 6.07) is 26.7. The number of fused-ring (bicyclic) bond motifs is 3. The molecule has 0 spiro atoms. The standard InChI is InChI=1S/C77H104N4O4S2/c1-11-19-21-27-33-55(13-3)51-80-74(83)63-50-61(72-70-62(49-60(67-40-36-54(10)86-67)71(69(63)70)75(80)84)73(82)81(76(72)85)52-56(14-4)34-28-22-20-12-2)68-42-41-66(87-68)57-37-39-59-58-38-35-53(9)47-64(58)77(65(59)48-57,43-29-23-25-31-45-78(15-5)16-6)44-30-24-26-32-46-79(17-7)18-8/h35-42,47-50,55-56H,11-34,43-46,51-52H2,1-10H3. The van der Waals surface area contributed by atoms with E-state index in [1.807, 2.05) is 18.2 Å². The molecule has 4 aromatic carbocycles. The van der Waals surface area contributed by atoms with E-state index < -0.39 is 0 Å². The Hall–Kier alpha value is -5.26. The van der Waals surface area contributed by atoms with Gasteiger partial charge in [0.05, 0.1) is 11.1 Å². The number of carbonyl (C=O) groups excluding carboxylic acids is 4. The number of amides is 4. The quantitative estimate of drug-likeness (QED) is 0.0286. The monoisotopic (exact) mass is 1210 g/mol. The first-order valence-corrected chi connectivity index (χ1v) is 36.2. The Morgan fingerprint density at radius 1 is 0.425 bits per heavy atom. The summed E-state index contributed by atoms with van der Waals surface area (Å²) in [7, 11) is 0. The molecule has 0 radical (unpaired) electrons. The number of unbranched alkanes of at least 4 members (excludes halogenated alkanes) is 12. The van der Waals surface area contributed by atoms with Crippen LogP contribution in [0.4, 0.5) is 0 Å². The topological polar surface area (TPSA) is 81.2 Å². The van der Waals surface area contributed by atoms with Gasteiger partial charge in [-0.1, -0.05) is 194 Å². The molecule has 0 fully saturated rings. The van der Waals surface area contributed by atoms with Crippen molar-refractivity contribution in [2.75, 3.05) is 52.4 Å². The van der Waals surface area contributed by atoms with Crippen molar-refractivity contribution >= 4 is 57.1 Å². The Kier molecular flexibility index (Phi) is 23.6. The second-order valence-corrected chi connectivity index (χ2v) is 28.4. The number of nitrogens with zero attached hydrogens (tertiary/aromatic N) is 4. The number of aryl methyl sites for hydroxylation is 2. The zero-order valence-corrected chi connectivity index (χ0v) is 56.7. The van der Waals surface area contributed by atoms with Crippen LogP contribution in [0.25, 0.3) is 53.2 Å². The maximum Gasteiger partial charge on any atom is 0.262 e. The smallest absolute Gasteiger partial charge is 0.262 e. The molecule has 4 heterocycles. The summed E-state index contributed by atoms with van der Waals surface area (Å²) < 4.78 is 0. The van der Waals surface area contributed by atoms with Gasteiger partial charge in [0.1, 0.15) is 0 Å². The van der Waals surface area contributed by atoms with Crippen molar-refractivity contribution in [2.45, 2.75) is 216 Å². The molecule has 2 unspecified atom stereocenters. The second-order valence-electron chi connectivity index (χ2n) is 26.0. The Labute approximate surface area is 531 Å². The maximum atomic E-state index is 15.8. The lowest BCUT2D eigenvalue weighted by Crippen LogP contribution is -2.46. The van der Waals surface area contributed by atoms with E-state index in [0.29, 0.717) is 57.2 Å². The number of hydrogen-bond acceptors (Lipinski definition) is 8. The SMILES string of the molecule is CCCCCCC(CC)CN1C(=O)c2cc(-c3ccc(-c4ccc5c(c4)C(CCCCCCN(CC)CC)(CCCCCCN(CC)CC)c4cc(C)ccc4-5)s3)c3c4c(cc(-c5ccc(C)s5)c(c24)C1=O)C(=O)N(CC(CC)CCCCCC)C3=O. The van der Waals surface area contributed by atoms with Gasteiger partial charge in [0.2, 0.25) is 0 Å². The van der Waals surface area contributed by atoms with E-state index in [9.17, 15) is 0 Å². The molecule has 87 heavy (non-hydrogen) atoms. The third-order valence-corrected chi connectivity index (χ3v) is 22.6. The van der Waals surface area contributed by atoms with Crippen molar-refractivity contribution in [3.8, 4) is 42.4 Å². The zero-order valence-electron chi connectivity index (χ0n) is 55.0. The normalized spacial score (nSPS) is 15.0. The van der Waals surface area contributed by atoms with Gasteiger partial charge in [-0.15, -0.1) is 22.7 Å². The van der Waals surface area contributed by atoms with Crippen molar-refractivity contribution in [3.05, 3.63) is 117 Å². The summed E-state index contributed by atoms with van der Waals surface area (Å²) in [4.78, 5) is 74.4. The molecule has 1 aliphatic carbocycles. The molecule has 2 aromatic heterocycles. The minimum Gasteiger partial charge on any atom is -0.304 e. The fourth-order valence-corrected chi connectivity index (χ4v) is 16.8. The first-order chi connectivity index (χ1) is 42.3. The lowest BCUT2D eigenvalue weighted by Gasteiger charge is -2.36. The largest absolute Gasteiger partial charge is 0.304 e. The van der Waals surface area contributed by atoms with E-state index in [-0.39, 0.29) is 40.9 Å². The highest BCUT2D eigenvalue weighted by molar-refractivity contribution is 7.19. The van der Waals surface area contributed by atoms with Crippen LogP contribution < -0.4 is 0 Å². The molecule has 2 atom stereocenters. The van der Waals surface area contributed by atoms with Gasteiger partial charge in [0.15, 0.2) is 0 Å². The number of benzene rings is 4. The molecule has 2 aliphatic heterocycles. The number of imide groups is 2. The second kappa shape index (κ2) is 31.0. The third-order valence-electron chi connectivity index (χ3n) is 20.4. The molecule has 3 aliphatic rings. The molecule has 0 bridgehead atoms. The zero-order chi connectivity index (χ0) is 61.8. The number of thiophene rings is 2. The van der Waals surface area contributed by atoms with Crippen LogP contribution in [0.1, 0.15) is 260 Å². The number of rotatable bonds is 37. The van der Waals surface area contributed by atoms with Crippen LogP contribution in [0, 0.1) is 25.7 Å². The predicted molar refractivity (Wildman–Crippen MR) is 369 cm³/mol. The average Bonchev–Trinajstić information content (AvgIpc) is 1.09. The van der Waals surface area contributed by atoms with Gasteiger partial charge < -0.3 is 9.80 Å². The van der Waals surface area contributed by atoms with Crippen molar-refractivity contribution < 1.29 is 19.2 Å². The van der Waals surface area contributed by atoms with Crippen LogP contribution in [-0.4, -0.2) is 95.6 Å². The molecular weight excluding hydrogens is 1110 g/mol. The van der Waals surface area contributed by atoms with Crippen LogP contribution in [-0.2, 0) is 5.41 Å². The van der Waals surface area contributed by atoms with Crippen LogP contribution >= 0.6 is 22.7 Å². The van der Waals surface area contributed by atoms with E-state index in [2.05, 4.69) is 134 Å². The molecule has 8 nitrogen and oxygen atoms in total. The third kappa shape index (κ3) is 14.4. The van der Waals surface area contributed by atoms with Crippen LogP contribution in [0.5, 0.6) is 0 Å². The fraction of sp³-hybridized carbons (Fsp3) is 0.558. The molecule has 9 rings (SSSR count). The Bertz CT molecular complexity index is 3320. The van der Waals surface area contributed by atoms with Gasteiger partial charge in [-0.25, -0.2) is 0 Å². The summed E-state index contributed by atoms with van der Waals surface area (Å²) in [6.07, 6.45) is 24.5. The minimum absolute atomic E-state index is 0.116. The van der Waals surface area contributed by atoms with Gasteiger partial charge in [-0.05, 0) is 174 Å². The molecule has 0 saturated carbocycles. The Balaban J connectivity index is 1.16. The van der Waals surface area contributed by atoms with E-state index in [4.69, 9.17) is 0 Å². The van der Waals surface area contributed by atoms with Gasteiger partial charge in [0.25, 0.3) is 23.6 Å². The minimum atomic E-state index is -0.340. The first kappa shape index (κ1) is 66.2. The van der Waals surface area contributed by atoms with Crippen LogP contribution in [0.2, 0.25) is 0 Å². The van der Waals surface area contributed by atoms with Crippen LogP contribution in [0.15, 0.2) is 72.8 Å². The average molecular weight is 1210 g/mol. The summed E-state index contributed by atoms with van der Waals surface area (Å²) in [5.74, 6) is -1.06. The maximum absolute atomic E-state index is 15.8. The molecule has 0 N–H and O–H groups in total. The molecule has 6 aromatic rings. The van der Waals surface area contributed by atoms with Crippen molar-refractivity contribution in [2.24, 2.45) is 11.8 Å². The lowest BCUT2D eigenvalue weighted by atomic mass is 9.70. The van der Waals surface area contributed by atoms with Crippen molar-refractivity contribution in [1.82, 2.24) is 19.6 Å². The van der Waals surface area contributed by atoms with Gasteiger partial charge in [-0.2, -0.15) is 0 Å². The molecule has 0 saturated heterocycles. The number of hydrogen-bond donors (Lipinski definition) is 0. The highest BCUT2D eigenvalue weighted by Gasteiger charge is 2.45. The highest BCUT2D eigenvalue weighted by Crippen LogP contribution is 2.56. The lowest BCUT2D eigenvalue weighted by molar-refractivity contribution is 0.0559. The summed E-state index contributed by atoms with van der Waals surface area (Å²) >= 11 is 3.25. The Morgan fingerprint density at radius 2 is 0.874 bits per heavy atom. The summed E-state index contributed by atoms with van der Waals surface area (Å²) in [5, 5.41) is 0.910. The molecular formula is C77H104N4O4S2. The van der Waals surface area contributed by atoms with Gasteiger partial charge >= 0.3 is 0 Å². The van der Waals surface area contributed by atoms with Gasteiger partial charge in [0, 0.05) is 71.0 Å². The summed E-state index contributed by atoms with van der Waals surface area (Å²) in [5.41, 5.74) is 11.0. The van der Waals surface area contributed by atoms with Crippen LogP contribution in [0.3, 0.4) is 0 Å². The van der Waals surface area contributed by atoms with E-state index >= 15 is 19.2 Å². The fourth-order valence-electron chi connectivity index (χ4n) is 14.9. The molecule has 4 amide bonds. The highest BCUT2D eigenvalue weighted by atomic mass is 32.1. The Morgan fingerprint density at radius 3 is 1.34 bits per heavy atom. The van der Waals surface area contributed by atoms with E-state index in [1.54, 1.807) is 22.7 Å². The van der Waals surface area contributed by atoms with E-state index in [0.717, 1.165) is 135 Å². The first-order valence-electron chi connectivity index (χ1n) is 34.6. The van der Waals surface area contributed by atoms with Gasteiger partial charge in [-0.3, -0.25) is 29.0 Å². The van der Waals surface area contributed by atoms with E-state index in [1.165, 1.54) is 108 Å². The molecule has 468 valence electrons. The van der Waals surface area contributed by atoms with Crippen molar-refractivity contribution in [3.63, 3.8) is 0 Å². The van der Waals surface area contributed by atoms with Crippen molar-refractivity contribution in [1.29, 1.82) is 0 Å².